The molecule has 3 aromatic rings. The van der Waals surface area contributed by atoms with Crippen LogP contribution in [-0.4, -0.2) is 42.4 Å². The minimum absolute atomic E-state index is 0.0924. The van der Waals surface area contributed by atoms with Gasteiger partial charge in [-0.15, -0.1) is 0 Å². The second-order valence-electron chi connectivity index (χ2n) is 6.23. The number of nitrogens with zero attached hydrogens (tertiary/aromatic N) is 3. The molecule has 0 aliphatic carbocycles. The summed E-state index contributed by atoms with van der Waals surface area (Å²) in [6, 6.07) is 13.1. The third kappa shape index (κ3) is 4.81. The van der Waals surface area contributed by atoms with E-state index >= 15 is 0 Å². The fourth-order valence-electron chi connectivity index (χ4n) is 2.85. The summed E-state index contributed by atoms with van der Waals surface area (Å²) in [7, 11) is 3.16. The number of nitrogens with one attached hydrogen (secondary N) is 1. The molecule has 0 aliphatic rings. The van der Waals surface area contributed by atoms with Crippen LogP contribution in [0.2, 0.25) is 0 Å². The highest BCUT2D eigenvalue weighted by molar-refractivity contribution is 5.92. The molecule has 0 amide bonds. The maximum atomic E-state index is 9.07. The van der Waals surface area contributed by atoms with Crippen LogP contribution in [0.25, 0.3) is 23.1 Å². The van der Waals surface area contributed by atoms with Gasteiger partial charge < -0.3 is 19.9 Å². The van der Waals surface area contributed by atoms with E-state index in [0.29, 0.717) is 47.2 Å². The third-order valence-electron chi connectivity index (χ3n) is 4.29. The van der Waals surface area contributed by atoms with Crippen LogP contribution in [0.3, 0.4) is 0 Å². The lowest BCUT2D eigenvalue weighted by atomic mass is 10.1. The molecule has 0 bridgehead atoms. The van der Waals surface area contributed by atoms with Crippen molar-refractivity contribution in [3.05, 3.63) is 53.3 Å². The number of aliphatic hydroxyl groups is 1. The topological polar surface area (TPSA) is 100 Å². The number of rotatable bonds is 8. The smallest absolute Gasteiger partial charge is 0.162 e. The first kappa shape index (κ1) is 20.1. The number of methoxy groups -OCH3 is 2. The van der Waals surface area contributed by atoms with Crippen molar-refractivity contribution in [2.45, 2.75) is 6.42 Å². The number of anilines is 1. The molecule has 7 nitrogen and oxygen atoms in total. The molecule has 0 aliphatic heterocycles. The fourth-order valence-corrected chi connectivity index (χ4v) is 2.85. The number of nitriles is 1. The Labute approximate surface area is 169 Å². The minimum atomic E-state index is 0.0924. The summed E-state index contributed by atoms with van der Waals surface area (Å²) in [6.07, 6.45) is 4.26. The van der Waals surface area contributed by atoms with Gasteiger partial charge in [0.2, 0.25) is 0 Å². The van der Waals surface area contributed by atoms with Crippen molar-refractivity contribution in [2.75, 3.05) is 32.7 Å². The van der Waals surface area contributed by atoms with Gasteiger partial charge in [-0.1, -0.05) is 18.2 Å². The first-order valence-electron chi connectivity index (χ1n) is 9.15. The molecule has 2 N–H and O–H groups in total. The first-order chi connectivity index (χ1) is 14.2. The van der Waals surface area contributed by atoms with Gasteiger partial charge in [0.25, 0.3) is 0 Å². The largest absolute Gasteiger partial charge is 0.493 e. The highest BCUT2D eigenvalue weighted by atomic mass is 16.5. The van der Waals surface area contributed by atoms with Crippen LogP contribution < -0.4 is 14.8 Å². The Morgan fingerprint density at radius 2 is 1.90 bits per heavy atom. The minimum Gasteiger partial charge on any atom is -0.493 e. The summed E-state index contributed by atoms with van der Waals surface area (Å²) < 4.78 is 10.8. The summed E-state index contributed by atoms with van der Waals surface area (Å²) >= 11 is 0. The lowest BCUT2D eigenvalue weighted by Crippen LogP contribution is -2.07. The molecule has 0 atom stereocenters. The van der Waals surface area contributed by atoms with Crippen LogP contribution in [0.5, 0.6) is 11.5 Å². The lowest BCUT2D eigenvalue weighted by molar-refractivity contribution is 0.292. The molecule has 1 aromatic heterocycles. The van der Waals surface area contributed by atoms with Gasteiger partial charge in [-0.05, 0) is 36.3 Å². The Hall–Kier alpha value is -3.63. The van der Waals surface area contributed by atoms with Gasteiger partial charge in [0.1, 0.15) is 5.82 Å². The van der Waals surface area contributed by atoms with Gasteiger partial charge in [-0.25, -0.2) is 9.97 Å². The Morgan fingerprint density at radius 1 is 1.10 bits per heavy atom. The van der Waals surface area contributed by atoms with Crippen molar-refractivity contribution in [2.24, 2.45) is 0 Å². The van der Waals surface area contributed by atoms with E-state index in [-0.39, 0.29) is 6.61 Å². The second-order valence-corrected chi connectivity index (χ2v) is 6.23. The summed E-state index contributed by atoms with van der Waals surface area (Å²) in [5, 5.41) is 22.2. The second kappa shape index (κ2) is 9.53. The van der Waals surface area contributed by atoms with Crippen LogP contribution >= 0.6 is 0 Å². The van der Waals surface area contributed by atoms with Crippen LogP contribution in [0.4, 0.5) is 5.82 Å². The zero-order valence-corrected chi connectivity index (χ0v) is 16.3. The van der Waals surface area contributed by atoms with E-state index in [1.165, 1.54) is 0 Å². The molecule has 0 saturated carbocycles. The normalized spacial score (nSPS) is 10.8. The Bertz CT molecular complexity index is 1070. The number of benzene rings is 2. The summed E-state index contributed by atoms with van der Waals surface area (Å²) in [5.41, 5.74) is 2.18. The molecule has 0 saturated heterocycles. The number of aliphatic hydroxyl groups excluding tert-OH is 1. The van der Waals surface area contributed by atoms with Crippen molar-refractivity contribution in [1.29, 1.82) is 5.26 Å². The molecule has 0 fully saturated rings. The maximum Gasteiger partial charge on any atom is 0.162 e. The highest BCUT2D eigenvalue weighted by Gasteiger charge is 2.12. The zero-order valence-electron chi connectivity index (χ0n) is 16.3. The van der Waals surface area contributed by atoms with Crippen molar-refractivity contribution in [3.8, 4) is 17.6 Å². The van der Waals surface area contributed by atoms with E-state index in [0.717, 1.165) is 10.9 Å². The highest BCUT2D eigenvalue weighted by Crippen LogP contribution is 2.34. The van der Waals surface area contributed by atoms with Gasteiger partial charge in [-0.2, -0.15) is 5.26 Å². The van der Waals surface area contributed by atoms with Crippen LogP contribution in [0, 0.1) is 11.3 Å². The molecule has 0 radical (unpaired) electrons. The molecule has 29 heavy (non-hydrogen) atoms. The summed E-state index contributed by atoms with van der Waals surface area (Å²) in [6.45, 7) is 0.666. The van der Waals surface area contributed by atoms with Gasteiger partial charge in [0.15, 0.2) is 17.3 Å². The molecule has 7 heteroatoms. The Morgan fingerprint density at radius 3 is 2.62 bits per heavy atom. The molecule has 3 rings (SSSR count). The van der Waals surface area contributed by atoms with E-state index < -0.39 is 0 Å². The van der Waals surface area contributed by atoms with E-state index in [1.54, 1.807) is 38.5 Å². The average molecular weight is 390 g/mol. The predicted octanol–water partition coefficient (Wildman–Crippen LogP) is 3.48. The number of ether oxygens (including phenoxy) is 2. The number of aromatic nitrogens is 2. The number of fused-ring (bicyclic) bond motifs is 1. The van der Waals surface area contributed by atoms with Crippen LogP contribution in [0.15, 0.2) is 36.4 Å². The predicted molar refractivity (Wildman–Crippen MR) is 113 cm³/mol. The molecular formula is C22H22N4O3. The van der Waals surface area contributed by atoms with Crippen LogP contribution in [-0.2, 0) is 0 Å². The standard InChI is InChI=1S/C22H22N4O3/c1-28-19-12-17-18(13-20(19)29-2)25-21(26-22(17)24-9-4-10-27)8-7-15-5-3-6-16(11-15)14-23/h3,5-8,11-13,27H,4,9-10H2,1-2H3,(H,24,25,26)/b8-7+. The quantitative estimate of drug-likeness (QED) is 0.568. The average Bonchev–Trinajstić information content (AvgIpc) is 2.77. The first-order valence-corrected chi connectivity index (χ1v) is 9.15. The Kier molecular flexibility index (Phi) is 6.61. The van der Waals surface area contributed by atoms with Crippen molar-refractivity contribution >= 4 is 28.9 Å². The molecule has 2 aromatic carbocycles. The van der Waals surface area contributed by atoms with E-state index in [2.05, 4.69) is 21.4 Å². The van der Waals surface area contributed by atoms with E-state index in [4.69, 9.17) is 19.8 Å². The maximum absolute atomic E-state index is 9.07. The van der Waals surface area contributed by atoms with Gasteiger partial charge in [0.05, 0.1) is 31.4 Å². The molecular weight excluding hydrogens is 368 g/mol. The number of hydrogen-bond donors (Lipinski definition) is 2. The van der Waals surface area contributed by atoms with Gasteiger partial charge in [-0.3, -0.25) is 0 Å². The van der Waals surface area contributed by atoms with Crippen molar-refractivity contribution in [3.63, 3.8) is 0 Å². The monoisotopic (exact) mass is 390 g/mol. The van der Waals surface area contributed by atoms with Gasteiger partial charge in [0, 0.05) is 24.6 Å². The SMILES string of the molecule is COc1cc2nc(/C=C/c3cccc(C#N)c3)nc(NCCCO)c2cc1OC. The summed E-state index contributed by atoms with van der Waals surface area (Å²) in [4.78, 5) is 9.23. The lowest BCUT2D eigenvalue weighted by Gasteiger charge is -2.13. The number of hydrogen-bond acceptors (Lipinski definition) is 7. The third-order valence-corrected chi connectivity index (χ3v) is 4.29. The van der Waals surface area contributed by atoms with Gasteiger partial charge >= 0.3 is 0 Å². The molecule has 0 spiro atoms. The molecule has 0 unspecified atom stereocenters. The molecule has 1 heterocycles. The fraction of sp³-hybridized carbons (Fsp3) is 0.227. The van der Waals surface area contributed by atoms with Crippen molar-refractivity contribution < 1.29 is 14.6 Å². The molecule has 148 valence electrons. The summed E-state index contributed by atoms with van der Waals surface area (Å²) in [5.74, 6) is 2.33. The Balaban J connectivity index is 2.04. The van der Waals surface area contributed by atoms with Crippen LogP contribution in [0.1, 0.15) is 23.4 Å². The van der Waals surface area contributed by atoms with E-state index in [1.807, 2.05) is 24.3 Å². The van der Waals surface area contributed by atoms with Crippen molar-refractivity contribution in [1.82, 2.24) is 9.97 Å². The van der Waals surface area contributed by atoms with E-state index in [9.17, 15) is 0 Å². The zero-order chi connectivity index (χ0) is 20.6.